The SMILES string of the molecule is C=C(C)C(=O)ONC(CC)[N+](C)(C)C.COS(=O)(=O)[O-]. The molecule has 0 aliphatic heterocycles. The third-order valence-electron chi connectivity index (χ3n) is 2.16. The van der Waals surface area contributed by atoms with Crippen LogP contribution in [0.1, 0.15) is 20.3 Å². The van der Waals surface area contributed by atoms with E-state index < -0.39 is 16.4 Å². The zero-order chi connectivity index (χ0) is 16.6. The van der Waals surface area contributed by atoms with E-state index in [0.29, 0.717) is 10.1 Å². The summed E-state index contributed by atoms with van der Waals surface area (Å²) in [6, 6.07) is 0. The summed E-state index contributed by atoms with van der Waals surface area (Å²) in [7, 11) is 2.51. The van der Waals surface area contributed by atoms with Crippen molar-refractivity contribution in [2.75, 3.05) is 28.3 Å². The zero-order valence-corrected chi connectivity index (χ0v) is 13.6. The van der Waals surface area contributed by atoms with E-state index in [0.717, 1.165) is 13.5 Å². The van der Waals surface area contributed by atoms with Gasteiger partial charge in [-0.05, 0) is 6.92 Å². The van der Waals surface area contributed by atoms with Crippen LogP contribution < -0.4 is 5.48 Å². The fourth-order valence-corrected chi connectivity index (χ4v) is 0.998. The lowest BCUT2D eigenvalue weighted by Gasteiger charge is -2.32. The highest BCUT2D eigenvalue weighted by molar-refractivity contribution is 7.80. The third kappa shape index (κ3) is 12.1. The highest BCUT2D eigenvalue weighted by atomic mass is 32.3. The average molecular weight is 312 g/mol. The van der Waals surface area contributed by atoms with E-state index in [4.69, 9.17) is 4.84 Å². The quantitative estimate of drug-likeness (QED) is 0.186. The van der Waals surface area contributed by atoms with Crippen molar-refractivity contribution in [3.8, 4) is 0 Å². The van der Waals surface area contributed by atoms with E-state index in [-0.39, 0.29) is 6.17 Å². The van der Waals surface area contributed by atoms with Crippen LogP contribution in [0.25, 0.3) is 0 Å². The van der Waals surface area contributed by atoms with E-state index in [9.17, 15) is 17.8 Å². The molecule has 0 saturated heterocycles. The largest absolute Gasteiger partial charge is 0.726 e. The molecule has 0 aliphatic rings. The Balaban J connectivity index is 0. The van der Waals surface area contributed by atoms with E-state index in [2.05, 4.69) is 16.2 Å². The number of carbonyl (C=O) groups excluding carboxylic acids is 1. The lowest BCUT2D eigenvalue weighted by atomic mass is 10.3. The fraction of sp³-hybridized carbons (Fsp3) is 0.727. The van der Waals surface area contributed by atoms with Gasteiger partial charge in [0.1, 0.15) is 0 Å². The molecule has 0 bridgehead atoms. The van der Waals surface area contributed by atoms with Gasteiger partial charge >= 0.3 is 5.97 Å². The van der Waals surface area contributed by atoms with Crippen LogP contribution in [0.15, 0.2) is 12.2 Å². The summed E-state index contributed by atoms with van der Waals surface area (Å²) < 4.78 is 31.7. The molecule has 0 aromatic rings. The summed E-state index contributed by atoms with van der Waals surface area (Å²) >= 11 is 0. The monoisotopic (exact) mass is 312 g/mol. The normalized spacial score (nSPS) is 12.9. The Morgan fingerprint density at radius 1 is 1.40 bits per heavy atom. The first-order valence-electron chi connectivity index (χ1n) is 5.79. The molecule has 0 spiro atoms. The van der Waals surface area contributed by atoms with Gasteiger partial charge in [0, 0.05) is 12.0 Å². The minimum Gasteiger partial charge on any atom is -0.726 e. The van der Waals surface area contributed by atoms with E-state index in [1.165, 1.54) is 0 Å². The smallest absolute Gasteiger partial charge is 0.351 e. The number of rotatable bonds is 6. The Hall–Kier alpha value is -1.00. The predicted molar refractivity (Wildman–Crippen MR) is 72.9 cm³/mol. The van der Waals surface area contributed by atoms with Crippen LogP contribution in [0.3, 0.4) is 0 Å². The molecule has 0 radical (unpaired) electrons. The maximum Gasteiger partial charge on any atom is 0.351 e. The van der Waals surface area contributed by atoms with E-state index in [1.807, 2.05) is 28.1 Å². The molecule has 120 valence electrons. The predicted octanol–water partition coefficient (Wildman–Crippen LogP) is 0.146. The van der Waals surface area contributed by atoms with E-state index >= 15 is 0 Å². The molecule has 0 aliphatic carbocycles. The number of nitrogens with zero attached hydrogens (tertiary/aromatic N) is 1. The van der Waals surface area contributed by atoms with Gasteiger partial charge in [-0.25, -0.2) is 13.2 Å². The second-order valence-corrected chi connectivity index (χ2v) is 6.05. The van der Waals surface area contributed by atoms with Gasteiger partial charge in [0.15, 0.2) is 6.17 Å². The van der Waals surface area contributed by atoms with Gasteiger partial charge in [0.25, 0.3) is 0 Å². The molecule has 0 aromatic heterocycles. The van der Waals surface area contributed by atoms with E-state index in [1.54, 1.807) is 6.92 Å². The Morgan fingerprint density at radius 2 is 1.80 bits per heavy atom. The topological polar surface area (TPSA) is 105 Å². The van der Waals surface area contributed by atoms with Crippen LogP contribution >= 0.6 is 0 Å². The van der Waals surface area contributed by atoms with Gasteiger partial charge in [0.05, 0.1) is 28.3 Å². The summed E-state index contributed by atoms with van der Waals surface area (Å²) in [6.07, 6.45) is 0.978. The van der Waals surface area contributed by atoms with Crippen LogP contribution in [0, 0.1) is 0 Å². The van der Waals surface area contributed by atoms with Crippen molar-refractivity contribution in [1.82, 2.24) is 5.48 Å². The number of hydroxylamine groups is 1. The molecule has 8 nitrogen and oxygen atoms in total. The van der Waals surface area contributed by atoms with Gasteiger partial charge < -0.3 is 13.9 Å². The van der Waals surface area contributed by atoms with Crippen molar-refractivity contribution in [2.45, 2.75) is 26.4 Å². The van der Waals surface area contributed by atoms with Gasteiger partial charge in [-0.2, -0.15) is 0 Å². The van der Waals surface area contributed by atoms with Crippen molar-refractivity contribution in [3.05, 3.63) is 12.2 Å². The Labute approximate surface area is 120 Å². The Morgan fingerprint density at radius 3 is 2.00 bits per heavy atom. The molecule has 1 unspecified atom stereocenters. The average Bonchev–Trinajstić information content (AvgIpc) is 2.27. The molecule has 1 atom stereocenters. The highest BCUT2D eigenvalue weighted by Gasteiger charge is 2.22. The van der Waals surface area contributed by atoms with Gasteiger partial charge in [-0.15, -0.1) is 0 Å². The molecular weight excluding hydrogens is 288 g/mol. The maximum atomic E-state index is 11.1. The van der Waals surface area contributed by atoms with Crippen molar-refractivity contribution in [2.24, 2.45) is 0 Å². The third-order valence-corrected chi connectivity index (χ3v) is 2.57. The standard InChI is InChI=1S/C10H21N2O2.CH4O4S/c1-7-9(12(4,5)6)11-14-10(13)8(2)3;1-5-6(2,3)4/h9,11H,2,7H2,1,3-6H3;1H3,(H,2,3,4)/q+1;/p-1. The lowest BCUT2D eigenvalue weighted by Crippen LogP contribution is -2.53. The lowest BCUT2D eigenvalue weighted by molar-refractivity contribution is -0.902. The molecule has 0 saturated carbocycles. The summed E-state index contributed by atoms with van der Waals surface area (Å²) in [4.78, 5) is 16.0. The number of hydrogen-bond donors (Lipinski definition) is 1. The molecule has 0 aromatic carbocycles. The summed E-state index contributed by atoms with van der Waals surface area (Å²) in [6.45, 7) is 7.16. The Kier molecular flexibility index (Phi) is 9.62. The molecule has 0 rings (SSSR count). The minimum absolute atomic E-state index is 0.0956. The minimum atomic E-state index is -4.41. The van der Waals surface area contributed by atoms with Crippen molar-refractivity contribution in [1.29, 1.82) is 0 Å². The van der Waals surface area contributed by atoms with Crippen molar-refractivity contribution in [3.63, 3.8) is 0 Å². The van der Waals surface area contributed by atoms with Gasteiger partial charge in [0.2, 0.25) is 10.4 Å². The van der Waals surface area contributed by atoms with Crippen LogP contribution in [-0.4, -0.2) is 57.8 Å². The van der Waals surface area contributed by atoms with Gasteiger partial charge in [-0.3, -0.25) is 4.18 Å². The number of carbonyl (C=O) groups is 1. The van der Waals surface area contributed by atoms with Crippen LogP contribution in [-0.2, 0) is 24.2 Å². The summed E-state index contributed by atoms with van der Waals surface area (Å²) in [5, 5.41) is 0. The molecule has 1 N–H and O–H groups in total. The molecule has 0 amide bonds. The second-order valence-electron chi connectivity index (χ2n) is 4.90. The first kappa shape index (κ1) is 21.3. The van der Waals surface area contributed by atoms with Gasteiger partial charge in [-0.1, -0.05) is 19.0 Å². The molecule has 0 heterocycles. The summed E-state index contributed by atoms with van der Waals surface area (Å²) in [5.41, 5.74) is 3.15. The summed E-state index contributed by atoms with van der Waals surface area (Å²) in [5.74, 6) is -0.406. The maximum absolute atomic E-state index is 11.1. The number of quaternary nitrogens is 1. The molecule has 0 fully saturated rings. The second kappa shape index (κ2) is 9.03. The fourth-order valence-electron chi connectivity index (χ4n) is 0.998. The van der Waals surface area contributed by atoms with Crippen molar-refractivity contribution >= 4 is 16.4 Å². The van der Waals surface area contributed by atoms with Crippen molar-refractivity contribution < 1.29 is 31.3 Å². The van der Waals surface area contributed by atoms with Crippen LogP contribution in [0.5, 0.6) is 0 Å². The molecule has 20 heavy (non-hydrogen) atoms. The molecule has 9 heteroatoms. The first-order chi connectivity index (χ1) is 8.85. The Bertz CT molecular complexity index is 413. The zero-order valence-electron chi connectivity index (χ0n) is 12.8. The first-order valence-corrected chi connectivity index (χ1v) is 7.13. The van der Waals surface area contributed by atoms with Crippen LogP contribution in [0.4, 0.5) is 0 Å². The van der Waals surface area contributed by atoms with Crippen LogP contribution in [0.2, 0.25) is 0 Å². The number of nitrogens with one attached hydrogen (secondary N) is 1. The number of hydrogen-bond acceptors (Lipinski definition) is 7. The molecular formula is C11H24N2O6S. The highest BCUT2D eigenvalue weighted by Crippen LogP contribution is 2.04.